The summed E-state index contributed by atoms with van der Waals surface area (Å²) in [5.41, 5.74) is 0.649. The first kappa shape index (κ1) is 21.0. The maximum atomic E-state index is 12.7. The fraction of sp³-hybridized carbons (Fsp3) is 0.150. The zero-order chi connectivity index (χ0) is 21.8. The van der Waals surface area contributed by atoms with Crippen molar-refractivity contribution in [2.24, 2.45) is 0 Å². The van der Waals surface area contributed by atoms with Gasteiger partial charge in [0.2, 0.25) is 5.88 Å². The molecule has 30 heavy (non-hydrogen) atoms. The minimum absolute atomic E-state index is 0.0588. The third-order valence-corrected chi connectivity index (χ3v) is 4.51. The molecule has 0 aliphatic rings. The minimum atomic E-state index is -0.741. The van der Waals surface area contributed by atoms with Crippen LogP contribution in [0, 0.1) is 17.0 Å². The number of nitrogens with zero attached hydrogens (tertiary/aromatic N) is 2. The lowest BCUT2D eigenvalue weighted by Crippen LogP contribution is -2.16. The van der Waals surface area contributed by atoms with Crippen molar-refractivity contribution in [2.75, 3.05) is 11.9 Å². The first-order valence-corrected chi connectivity index (χ1v) is 9.19. The van der Waals surface area contributed by atoms with Crippen molar-refractivity contribution < 1.29 is 23.8 Å². The number of anilines is 1. The Morgan fingerprint density at radius 3 is 2.57 bits per heavy atom. The molecule has 0 bridgehead atoms. The standard InChI is InChI=1S/C20H16ClN3O6/c1-3-29-20(26)16-17(12-7-9-13(21)10-8-12)23-30-19(16)22-18(25)14-5-4-6-15(11(14)2)24(27)28/h4-10H,3H2,1-2H3,(H,22,25). The van der Waals surface area contributed by atoms with Crippen LogP contribution < -0.4 is 5.32 Å². The van der Waals surface area contributed by atoms with Crippen molar-refractivity contribution in [1.29, 1.82) is 0 Å². The SMILES string of the molecule is CCOC(=O)c1c(-c2ccc(Cl)cc2)noc1NC(=O)c1cccc([N+](=O)[O-])c1C. The lowest BCUT2D eigenvalue weighted by atomic mass is 10.1. The molecule has 0 unspecified atom stereocenters. The Bertz CT molecular complexity index is 1120. The highest BCUT2D eigenvalue weighted by Crippen LogP contribution is 2.31. The predicted molar refractivity (Wildman–Crippen MR) is 109 cm³/mol. The number of nitro benzene ring substituents is 1. The molecular weight excluding hydrogens is 414 g/mol. The number of aromatic nitrogens is 1. The zero-order valence-corrected chi connectivity index (χ0v) is 16.7. The van der Waals surface area contributed by atoms with Gasteiger partial charge in [0.15, 0.2) is 5.56 Å². The molecule has 1 N–H and O–H groups in total. The van der Waals surface area contributed by atoms with Crippen LogP contribution in [0.1, 0.15) is 33.2 Å². The summed E-state index contributed by atoms with van der Waals surface area (Å²) in [6.45, 7) is 3.19. The van der Waals surface area contributed by atoms with Crippen molar-refractivity contribution in [3.63, 3.8) is 0 Å². The van der Waals surface area contributed by atoms with Gasteiger partial charge in [0.25, 0.3) is 11.6 Å². The van der Waals surface area contributed by atoms with Crippen LogP contribution in [0.2, 0.25) is 5.02 Å². The van der Waals surface area contributed by atoms with E-state index in [0.717, 1.165) is 0 Å². The van der Waals surface area contributed by atoms with Crippen molar-refractivity contribution in [2.45, 2.75) is 13.8 Å². The number of rotatable bonds is 6. The molecule has 0 fully saturated rings. The number of hydrogen-bond donors (Lipinski definition) is 1. The predicted octanol–water partition coefficient (Wildman–Crippen LogP) is 4.64. The molecule has 0 aliphatic heterocycles. The molecule has 3 rings (SSSR count). The van der Waals surface area contributed by atoms with E-state index in [1.54, 1.807) is 31.2 Å². The topological polar surface area (TPSA) is 125 Å². The van der Waals surface area contributed by atoms with Crippen molar-refractivity contribution in [3.05, 3.63) is 74.3 Å². The first-order valence-electron chi connectivity index (χ1n) is 8.81. The van der Waals surface area contributed by atoms with E-state index in [1.807, 2.05) is 0 Å². The van der Waals surface area contributed by atoms with E-state index in [1.165, 1.54) is 25.1 Å². The van der Waals surface area contributed by atoms with Gasteiger partial charge in [-0.05, 0) is 32.0 Å². The molecular formula is C20H16ClN3O6. The summed E-state index contributed by atoms with van der Waals surface area (Å²) >= 11 is 5.90. The van der Waals surface area contributed by atoms with Gasteiger partial charge in [-0.15, -0.1) is 0 Å². The van der Waals surface area contributed by atoms with Crippen molar-refractivity contribution in [3.8, 4) is 11.3 Å². The number of nitro groups is 1. The van der Waals surface area contributed by atoms with E-state index in [4.69, 9.17) is 20.9 Å². The summed E-state index contributed by atoms with van der Waals surface area (Å²) in [6.07, 6.45) is 0. The van der Waals surface area contributed by atoms with E-state index in [0.29, 0.717) is 10.6 Å². The lowest BCUT2D eigenvalue weighted by molar-refractivity contribution is -0.385. The quantitative estimate of drug-likeness (QED) is 0.343. The Hall–Kier alpha value is -3.72. The van der Waals surface area contributed by atoms with Crippen molar-refractivity contribution >= 4 is 35.0 Å². The largest absolute Gasteiger partial charge is 0.462 e. The van der Waals surface area contributed by atoms with E-state index >= 15 is 0 Å². The van der Waals surface area contributed by atoms with Gasteiger partial charge in [-0.3, -0.25) is 20.2 Å². The highest BCUT2D eigenvalue weighted by molar-refractivity contribution is 6.30. The molecule has 0 saturated carbocycles. The van der Waals surface area contributed by atoms with Crippen LogP contribution in [0.5, 0.6) is 0 Å². The first-order chi connectivity index (χ1) is 14.3. The van der Waals surface area contributed by atoms with Crippen LogP contribution in [0.3, 0.4) is 0 Å². The highest BCUT2D eigenvalue weighted by Gasteiger charge is 2.28. The van der Waals surface area contributed by atoms with E-state index in [-0.39, 0.29) is 40.6 Å². The molecule has 0 spiro atoms. The summed E-state index contributed by atoms with van der Waals surface area (Å²) in [4.78, 5) is 35.8. The fourth-order valence-electron chi connectivity index (χ4n) is 2.81. The Morgan fingerprint density at radius 1 is 1.23 bits per heavy atom. The van der Waals surface area contributed by atoms with E-state index in [2.05, 4.69) is 10.5 Å². The van der Waals surface area contributed by atoms with Crippen LogP contribution in [0.25, 0.3) is 11.3 Å². The number of amides is 1. The van der Waals surface area contributed by atoms with Gasteiger partial charge < -0.3 is 9.26 Å². The monoisotopic (exact) mass is 429 g/mol. The van der Waals surface area contributed by atoms with Crippen LogP contribution >= 0.6 is 11.6 Å². The average molecular weight is 430 g/mol. The minimum Gasteiger partial charge on any atom is -0.462 e. The number of esters is 1. The van der Waals surface area contributed by atoms with Gasteiger partial charge in [0.1, 0.15) is 5.69 Å². The molecule has 154 valence electrons. The second-order valence-corrected chi connectivity index (χ2v) is 6.56. The molecule has 1 heterocycles. The van der Waals surface area contributed by atoms with Gasteiger partial charge >= 0.3 is 5.97 Å². The smallest absolute Gasteiger partial charge is 0.346 e. The maximum absolute atomic E-state index is 12.7. The van der Waals surface area contributed by atoms with E-state index in [9.17, 15) is 19.7 Å². The second kappa shape index (κ2) is 8.75. The van der Waals surface area contributed by atoms with E-state index < -0.39 is 16.8 Å². The number of carbonyl (C=O) groups excluding carboxylic acids is 2. The molecule has 0 aliphatic carbocycles. The third-order valence-electron chi connectivity index (χ3n) is 4.26. The maximum Gasteiger partial charge on any atom is 0.346 e. The van der Waals surface area contributed by atoms with Gasteiger partial charge in [-0.2, -0.15) is 0 Å². The van der Waals surface area contributed by atoms with Gasteiger partial charge in [0.05, 0.1) is 11.5 Å². The van der Waals surface area contributed by atoms with Gasteiger partial charge in [0, 0.05) is 27.8 Å². The Kier molecular flexibility index (Phi) is 6.12. The number of nitrogens with one attached hydrogen (secondary N) is 1. The molecule has 9 nitrogen and oxygen atoms in total. The molecule has 0 radical (unpaired) electrons. The lowest BCUT2D eigenvalue weighted by Gasteiger charge is -2.08. The summed E-state index contributed by atoms with van der Waals surface area (Å²) in [5.74, 6) is -1.66. The number of hydrogen-bond acceptors (Lipinski definition) is 7. The van der Waals surface area contributed by atoms with Crippen molar-refractivity contribution in [1.82, 2.24) is 5.16 Å². The highest BCUT2D eigenvalue weighted by atomic mass is 35.5. The number of ether oxygens (including phenoxy) is 1. The number of carbonyl (C=O) groups is 2. The summed E-state index contributed by atoms with van der Waals surface area (Å²) in [6, 6.07) is 10.6. The summed E-state index contributed by atoms with van der Waals surface area (Å²) in [7, 11) is 0. The molecule has 3 aromatic rings. The Balaban J connectivity index is 2.01. The molecule has 2 aromatic carbocycles. The fourth-order valence-corrected chi connectivity index (χ4v) is 2.94. The molecule has 10 heteroatoms. The third kappa shape index (κ3) is 4.15. The van der Waals surface area contributed by atoms with Crippen LogP contribution in [-0.4, -0.2) is 28.6 Å². The van der Waals surface area contributed by atoms with Crippen LogP contribution in [0.4, 0.5) is 11.6 Å². The Labute approximate surface area is 175 Å². The van der Waals surface area contributed by atoms with Gasteiger partial charge in [-0.25, -0.2) is 4.79 Å². The zero-order valence-electron chi connectivity index (χ0n) is 16.0. The normalized spacial score (nSPS) is 10.5. The average Bonchev–Trinajstić information content (AvgIpc) is 3.12. The molecule has 1 aromatic heterocycles. The van der Waals surface area contributed by atoms with Crippen LogP contribution in [-0.2, 0) is 4.74 Å². The Morgan fingerprint density at radius 2 is 1.93 bits per heavy atom. The van der Waals surface area contributed by atoms with Crippen LogP contribution in [0.15, 0.2) is 47.0 Å². The summed E-state index contributed by atoms with van der Waals surface area (Å²) in [5, 5.41) is 18.0. The number of benzene rings is 2. The molecule has 1 amide bonds. The summed E-state index contributed by atoms with van der Waals surface area (Å²) < 4.78 is 10.3. The number of halogens is 1. The van der Waals surface area contributed by atoms with Gasteiger partial charge in [-0.1, -0.05) is 35.0 Å². The second-order valence-electron chi connectivity index (χ2n) is 6.12. The molecule has 0 saturated heterocycles. The molecule has 0 atom stereocenters.